The van der Waals surface area contributed by atoms with Crippen LogP contribution in [0.25, 0.3) is 0 Å². The molecule has 2 rings (SSSR count). The predicted octanol–water partition coefficient (Wildman–Crippen LogP) is 4.38. The average molecular weight is 381 g/mol. The third-order valence-corrected chi connectivity index (χ3v) is 5.50. The van der Waals surface area contributed by atoms with Crippen molar-refractivity contribution in [1.29, 1.82) is 0 Å². The van der Waals surface area contributed by atoms with E-state index in [2.05, 4.69) is 0 Å². The van der Waals surface area contributed by atoms with Crippen molar-refractivity contribution in [1.82, 2.24) is 4.90 Å². The number of thiophene rings is 2. The van der Waals surface area contributed by atoms with Crippen LogP contribution in [-0.2, 0) is 22.6 Å². The number of nitrogens with zero attached hydrogens (tertiary/aromatic N) is 1. The van der Waals surface area contributed by atoms with Gasteiger partial charge < -0.3 is 15.4 Å². The number of hydrogen-bond acceptors (Lipinski definition) is 5. The summed E-state index contributed by atoms with van der Waals surface area (Å²) < 4.78 is 5.10. The van der Waals surface area contributed by atoms with Crippen molar-refractivity contribution >= 4 is 34.7 Å². The smallest absolute Gasteiger partial charge is 0.404 e. The molecule has 0 aliphatic heterocycles. The molecule has 25 heavy (non-hydrogen) atoms. The first-order valence-electron chi connectivity index (χ1n) is 8.37. The van der Waals surface area contributed by atoms with Crippen LogP contribution in [0.1, 0.15) is 42.4 Å². The van der Waals surface area contributed by atoms with Crippen molar-refractivity contribution in [3.63, 3.8) is 0 Å². The van der Waals surface area contributed by atoms with Gasteiger partial charge in [-0.3, -0.25) is 4.79 Å². The Morgan fingerprint density at radius 1 is 1.12 bits per heavy atom. The van der Waals surface area contributed by atoms with Gasteiger partial charge in [-0.1, -0.05) is 25.5 Å². The van der Waals surface area contributed by atoms with Crippen molar-refractivity contribution in [2.45, 2.75) is 51.8 Å². The third kappa shape index (κ3) is 6.88. The summed E-state index contributed by atoms with van der Waals surface area (Å²) in [4.78, 5) is 27.9. The largest absolute Gasteiger partial charge is 0.446 e. The summed E-state index contributed by atoms with van der Waals surface area (Å²) in [6.45, 7) is 3.21. The standard InChI is InChI=1S/C18H24N2O3S2/c1-2-5-14(23-18(19)22)8-9-17(21)20(12-15-6-3-10-24-15)13-16-7-4-11-25-16/h3-4,6-7,10-11,14H,2,5,8-9,12-13H2,1H3,(H2,19,22). The maximum atomic E-state index is 12.8. The second-order valence-electron chi connectivity index (χ2n) is 5.79. The molecular formula is C18H24N2O3S2. The number of carbonyl (C=O) groups excluding carboxylic acids is 2. The quantitative estimate of drug-likeness (QED) is 0.665. The summed E-state index contributed by atoms with van der Waals surface area (Å²) in [5.41, 5.74) is 5.12. The fraction of sp³-hybridized carbons (Fsp3) is 0.444. The van der Waals surface area contributed by atoms with Crippen LogP contribution in [0.2, 0.25) is 0 Å². The van der Waals surface area contributed by atoms with E-state index in [0.717, 1.165) is 16.2 Å². The van der Waals surface area contributed by atoms with Gasteiger partial charge in [0.05, 0.1) is 13.1 Å². The van der Waals surface area contributed by atoms with Crippen LogP contribution in [-0.4, -0.2) is 23.0 Å². The first-order valence-corrected chi connectivity index (χ1v) is 10.1. The van der Waals surface area contributed by atoms with Gasteiger partial charge in [0.1, 0.15) is 6.10 Å². The molecule has 0 saturated carbocycles. The number of carbonyl (C=O) groups is 2. The van der Waals surface area contributed by atoms with E-state index in [1.807, 2.05) is 46.8 Å². The molecule has 2 aromatic heterocycles. The van der Waals surface area contributed by atoms with E-state index < -0.39 is 6.09 Å². The molecule has 0 aliphatic rings. The van der Waals surface area contributed by atoms with E-state index in [1.165, 1.54) is 0 Å². The highest BCUT2D eigenvalue weighted by atomic mass is 32.1. The number of ether oxygens (including phenoxy) is 1. The van der Waals surface area contributed by atoms with Crippen LogP contribution in [0.5, 0.6) is 0 Å². The molecule has 136 valence electrons. The highest BCUT2D eigenvalue weighted by molar-refractivity contribution is 7.10. The van der Waals surface area contributed by atoms with Crippen molar-refractivity contribution in [3.05, 3.63) is 44.8 Å². The zero-order chi connectivity index (χ0) is 18.1. The lowest BCUT2D eigenvalue weighted by molar-refractivity contribution is -0.133. The Labute approximate surface area is 156 Å². The lowest BCUT2D eigenvalue weighted by atomic mass is 10.1. The third-order valence-electron chi connectivity index (χ3n) is 3.78. The highest BCUT2D eigenvalue weighted by Gasteiger charge is 2.19. The van der Waals surface area contributed by atoms with Gasteiger partial charge in [-0.05, 0) is 35.7 Å². The van der Waals surface area contributed by atoms with Gasteiger partial charge in [0.2, 0.25) is 5.91 Å². The highest BCUT2D eigenvalue weighted by Crippen LogP contribution is 2.19. The number of hydrogen-bond donors (Lipinski definition) is 1. The predicted molar refractivity (Wildman–Crippen MR) is 101 cm³/mol. The second-order valence-corrected chi connectivity index (χ2v) is 7.86. The molecule has 0 aliphatic carbocycles. The molecule has 0 spiro atoms. The van der Waals surface area contributed by atoms with Crippen LogP contribution in [0.4, 0.5) is 4.79 Å². The van der Waals surface area contributed by atoms with Gasteiger partial charge in [0.15, 0.2) is 0 Å². The summed E-state index contributed by atoms with van der Waals surface area (Å²) in [5.74, 6) is 0.0657. The molecule has 5 nitrogen and oxygen atoms in total. The van der Waals surface area contributed by atoms with Crippen molar-refractivity contribution in [2.75, 3.05) is 0 Å². The van der Waals surface area contributed by atoms with E-state index in [4.69, 9.17) is 10.5 Å². The normalized spacial score (nSPS) is 11.9. The fourth-order valence-corrected chi connectivity index (χ4v) is 4.04. The SMILES string of the molecule is CCCC(CCC(=O)N(Cc1cccs1)Cc1cccs1)OC(N)=O. The summed E-state index contributed by atoms with van der Waals surface area (Å²) in [7, 11) is 0. The van der Waals surface area contributed by atoms with Gasteiger partial charge in [0.25, 0.3) is 0 Å². The van der Waals surface area contributed by atoms with Crippen molar-refractivity contribution < 1.29 is 14.3 Å². The lowest BCUT2D eigenvalue weighted by Crippen LogP contribution is -2.31. The maximum Gasteiger partial charge on any atom is 0.404 e. The minimum Gasteiger partial charge on any atom is -0.446 e. The molecule has 1 unspecified atom stereocenters. The number of rotatable bonds is 10. The zero-order valence-electron chi connectivity index (χ0n) is 14.3. The molecule has 1 atom stereocenters. The molecule has 0 radical (unpaired) electrons. The van der Waals surface area contributed by atoms with Crippen molar-refractivity contribution in [3.8, 4) is 0 Å². The summed E-state index contributed by atoms with van der Waals surface area (Å²) in [5, 5.41) is 4.03. The Kier molecular flexibility index (Phi) is 7.94. The zero-order valence-corrected chi connectivity index (χ0v) is 16.0. The molecule has 0 aromatic carbocycles. The Bertz CT molecular complexity index is 605. The first-order chi connectivity index (χ1) is 12.1. The van der Waals surface area contributed by atoms with Crippen molar-refractivity contribution in [2.24, 2.45) is 5.73 Å². The Morgan fingerprint density at radius 2 is 1.72 bits per heavy atom. The molecular weight excluding hydrogens is 356 g/mol. The number of nitrogens with two attached hydrogens (primary N) is 1. The van der Waals surface area contributed by atoms with Crippen LogP contribution >= 0.6 is 22.7 Å². The molecule has 2 aromatic rings. The maximum absolute atomic E-state index is 12.8. The summed E-state index contributed by atoms with van der Waals surface area (Å²) in [6, 6.07) is 8.06. The Balaban J connectivity index is 1.97. The van der Waals surface area contributed by atoms with E-state index in [0.29, 0.717) is 32.4 Å². The van der Waals surface area contributed by atoms with Gasteiger partial charge in [0, 0.05) is 16.2 Å². The number of amides is 2. The van der Waals surface area contributed by atoms with Gasteiger partial charge >= 0.3 is 6.09 Å². The van der Waals surface area contributed by atoms with Crippen LogP contribution in [0.15, 0.2) is 35.0 Å². The van der Waals surface area contributed by atoms with Crippen LogP contribution < -0.4 is 5.73 Å². The summed E-state index contributed by atoms with van der Waals surface area (Å²) >= 11 is 3.29. The molecule has 2 N–H and O–H groups in total. The average Bonchev–Trinajstić information content (AvgIpc) is 3.25. The van der Waals surface area contributed by atoms with E-state index in [9.17, 15) is 9.59 Å². The van der Waals surface area contributed by atoms with Gasteiger partial charge in [-0.2, -0.15) is 0 Å². The molecule has 2 heterocycles. The van der Waals surface area contributed by atoms with E-state index >= 15 is 0 Å². The molecule has 0 bridgehead atoms. The molecule has 0 saturated heterocycles. The fourth-order valence-electron chi connectivity index (χ4n) is 2.60. The topological polar surface area (TPSA) is 72.6 Å². The Morgan fingerprint density at radius 3 is 2.16 bits per heavy atom. The van der Waals surface area contributed by atoms with Gasteiger partial charge in [-0.25, -0.2) is 4.79 Å². The van der Waals surface area contributed by atoms with E-state index in [1.54, 1.807) is 22.7 Å². The minimum atomic E-state index is -0.778. The summed E-state index contributed by atoms with van der Waals surface area (Å²) in [6.07, 6.45) is 1.36. The first kappa shape index (κ1) is 19.5. The van der Waals surface area contributed by atoms with E-state index in [-0.39, 0.29) is 12.0 Å². The monoisotopic (exact) mass is 380 g/mol. The molecule has 0 fully saturated rings. The Hall–Kier alpha value is -1.86. The molecule has 7 heteroatoms. The number of primary amides is 1. The minimum absolute atomic E-state index is 0.0657. The molecule has 2 amide bonds. The second kappa shape index (κ2) is 10.2. The van der Waals surface area contributed by atoms with Gasteiger partial charge in [-0.15, -0.1) is 22.7 Å². The lowest BCUT2D eigenvalue weighted by Gasteiger charge is -2.23. The van der Waals surface area contributed by atoms with Crippen LogP contribution in [0, 0.1) is 0 Å². The van der Waals surface area contributed by atoms with Crippen LogP contribution in [0.3, 0.4) is 0 Å².